The molecule has 0 N–H and O–H groups in total. The summed E-state index contributed by atoms with van der Waals surface area (Å²) in [5.41, 5.74) is 0. The topological polar surface area (TPSA) is 80.3 Å². The number of benzene rings is 1. The Morgan fingerprint density at radius 1 is 0.750 bits per heavy atom. The molecule has 0 amide bonds. The summed E-state index contributed by atoms with van der Waals surface area (Å²) in [6.07, 6.45) is 0. The average Bonchev–Trinajstić information content (AvgIpc) is 1.88. The summed E-state index contributed by atoms with van der Waals surface area (Å²) in [4.78, 5) is 0. The second-order valence-electron chi connectivity index (χ2n) is 1.56. The predicted molar refractivity (Wildman–Crippen MR) is 42.7 cm³/mol. The fourth-order valence-corrected chi connectivity index (χ4v) is 0.385. The zero-order chi connectivity index (χ0) is 8.74. The molecule has 12 heavy (non-hydrogen) atoms. The zero-order valence-electron chi connectivity index (χ0n) is 6.21. The molecule has 1 aromatic rings. The number of rotatable bonds is 0. The van der Waals surface area contributed by atoms with Gasteiger partial charge in [-0.15, -0.1) is 0 Å². The first-order chi connectivity index (χ1) is 5.00. The van der Waals surface area contributed by atoms with Crippen LogP contribution >= 0.6 is 0 Å². The second kappa shape index (κ2) is 7.50. The molecule has 0 aliphatic carbocycles. The molecule has 4 nitrogen and oxygen atoms in total. The Bertz CT molecular complexity index is 236. The minimum absolute atomic E-state index is 0. The van der Waals surface area contributed by atoms with E-state index in [1.165, 1.54) is 0 Å². The molecule has 0 atom stereocenters. The van der Waals surface area contributed by atoms with Crippen LogP contribution in [0.5, 0.6) is 0 Å². The first-order valence-electron chi connectivity index (χ1n) is 2.67. The van der Waals surface area contributed by atoms with Crippen molar-refractivity contribution < 1.29 is 17.5 Å². The predicted octanol–water partition coefficient (Wildman–Crippen LogP) is -0.0322. The molecule has 1 rings (SSSR count). The molecule has 0 heterocycles. The fourth-order valence-electron chi connectivity index (χ4n) is 0.385. The molecular weight excluding hydrogens is 192 g/mol. The average molecular weight is 198 g/mol. The van der Waals surface area contributed by atoms with Gasteiger partial charge in [0.05, 0.1) is 0 Å². The van der Waals surface area contributed by atoms with Crippen molar-refractivity contribution in [3.63, 3.8) is 0 Å². The molecule has 0 fully saturated rings. The standard InChI is InChI=1S/C6H6.Mg.H2O4S/c1-2-4-6-5-3-1;;1-5(2,3)4/h1-6H;;(H2,1,2,3,4)/q;+2;/p-2. The SMILES string of the molecule is O=S(=O)([O-])[O-].[Mg+2].c1ccccc1. The van der Waals surface area contributed by atoms with Gasteiger partial charge in [0.25, 0.3) is 0 Å². The molecular formula is C6H6MgO4S. The van der Waals surface area contributed by atoms with Crippen LogP contribution in [0.25, 0.3) is 0 Å². The molecule has 0 saturated heterocycles. The van der Waals surface area contributed by atoms with Gasteiger partial charge in [-0.1, -0.05) is 36.4 Å². The fraction of sp³-hybridized carbons (Fsp3) is 0. The Balaban J connectivity index is 0. The van der Waals surface area contributed by atoms with E-state index in [-0.39, 0.29) is 23.1 Å². The summed E-state index contributed by atoms with van der Waals surface area (Å²) < 4.78 is 34.1. The Kier molecular flexibility index (Phi) is 8.99. The normalized spacial score (nSPS) is 8.83. The van der Waals surface area contributed by atoms with Gasteiger partial charge < -0.3 is 9.11 Å². The van der Waals surface area contributed by atoms with Crippen molar-refractivity contribution in [1.29, 1.82) is 0 Å². The van der Waals surface area contributed by atoms with Crippen LogP contribution in [0.15, 0.2) is 36.4 Å². The third-order valence-corrected chi connectivity index (χ3v) is 0.667. The van der Waals surface area contributed by atoms with E-state index in [0.717, 1.165) is 0 Å². The van der Waals surface area contributed by atoms with Gasteiger partial charge in [-0.05, 0) is 0 Å². The Morgan fingerprint density at radius 3 is 0.917 bits per heavy atom. The maximum Gasteiger partial charge on any atom is 2.00 e. The monoisotopic (exact) mass is 198 g/mol. The summed E-state index contributed by atoms with van der Waals surface area (Å²) in [7, 11) is -5.17. The number of hydrogen-bond acceptors (Lipinski definition) is 4. The van der Waals surface area contributed by atoms with Crippen LogP contribution in [0.3, 0.4) is 0 Å². The quantitative estimate of drug-likeness (QED) is 0.333. The van der Waals surface area contributed by atoms with Crippen molar-refractivity contribution in [3.8, 4) is 0 Å². The first-order valence-corrected chi connectivity index (χ1v) is 4.00. The largest absolute Gasteiger partial charge is 2.00 e. The van der Waals surface area contributed by atoms with E-state index >= 15 is 0 Å². The van der Waals surface area contributed by atoms with Crippen molar-refractivity contribution in [2.45, 2.75) is 0 Å². The summed E-state index contributed by atoms with van der Waals surface area (Å²) in [6, 6.07) is 12.0. The summed E-state index contributed by atoms with van der Waals surface area (Å²) in [5.74, 6) is 0. The molecule has 0 aliphatic rings. The van der Waals surface area contributed by atoms with Gasteiger partial charge in [-0.3, -0.25) is 8.42 Å². The van der Waals surface area contributed by atoms with Gasteiger partial charge in [-0.25, -0.2) is 0 Å². The van der Waals surface area contributed by atoms with Crippen molar-refractivity contribution in [3.05, 3.63) is 36.4 Å². The van der Waals surface area contributed by atoms with Crippen molar-refractivity contribution in [2.75, 3.05) is 0 Å². The Hall–Kier alpha value is -0.144. The maximum absolute atomic E-state index is 8.52. The van der Waals surface area contributed by atoms with Crippen molar-refractivity contribution in [2.24, 2.45) is 0 Å². The van der Waals surface area contributed by atoms with Crippen molar-refractivity contribution >= 4 is 33.5 Å². The van der Waals surface area contributed by atoms with E-state index in [4.69, 9.17) is 17.5 Å². The van der Waals surface area contributed by atoms with E-state index in [9.17, 15) is 0 Å². The van der Waals surface area contributed by atoms with Crippen molar-refractivity contribution in [1.82, 2.24) is 0 Å². The Morgan fingerprint density at radius 2 is 0.833 bits per heavy atom. The van der Waals surface area contributed by atoms with Gasteiger partial charge in [-0.2, -0.15) is 0 Å². The second-order valence-corrected chi connectivity index (χ2v) is 2.38. The van der Waals surface area contributed by atoms with Crippen LogP contribution in [-0.2, 0) is 10.4 Å². The molecule has 0 spiro atoms. The zero-order valence-corrected chi connectivity index (χ0v) is 8.44. The molecule has 0 bridgehead atoms. The number of hydrogen-bond donors (Lipinski definition) is 0. The maximum atomic E-state index is 8.52. The third-order valence-electron chi connectivity index (χ3n) is 0.667. The van der Waals surface area contributed by atoms with E-state index < -0.39 is 10.4 Å². The van der Waals surface area contributed by atoms with Crippen LogP contribution in [0.2, 0.25) is 0 Å². The molecule has 6 heteroatoms. The van der Waals surface area contributed by atoms with Gasteiger partial charge in [0, 0.05) is 10.4 Å². The Labute approximate surface area is 87.3 Å². The molecule has 0 aliphatic heterocycles. The minimum Gasteiger partial charge on any atom is -0.759 e. The first kappa shape index (κ1) is 14.4. The van der Waals surface area contributed by atoms with Crippen LogP contribution in [-0.4, -0.2) is 40.6 Å². The molecule has 0 saturated carbocycles. The van der Waals surface area contributed by atoms with Crippen LogP contribution in [0, 0.1) is 0 Å². The van der Waals surface area contributed by atoms with Crippen LogP contribution < -0.4 is 0 Å². The molecule has 0 aromatic heterocycles. The minimum atomic E-state index is -5.17. The molecule has 0 unspecified atom stereocenters. The van der Waals surface area contributed by atoms with Gasteiger partial charge in [0.2, 0.25) is 0 Å². The van der Waals surface area contributed by atoms with Crippen LogP contribution in [0.4, 0.5) is 0 Å². The summed E-state index contributed by atoms with van der Waals surface area (Å²) in [6.45, 7) is 0. The smallest absolute Gasteiger partial charge is 0.759 e. The van der Waals surface area contributed by atoms with Crippen LogP contribution in [0.1, 0.15) is 0 Å². The molecule has 1 aromatic carbocycles. The van der Waals surface area contributed by atoms with E-state index in [1.807, 2.05) is 36.4 Å². The molecule has 0 radical (unpaired) electrons. The summed E-state index contributed by atoms with van der Waals surface area (Å²) >= 11 is 0. The summed E-state index contributed by atoms with van der Waals surface area (Å²) in [5, 5.41) is 0. The van der Waals surface area contributed by atoms with Gasteiger partial charge >= 0.3 is 23.1 Å². The van der Waals surface area contributed by atoms with E-state index in [0.29, 0.717) is 0 Å². The van der Waals surface area contributed by atoms with Gasteiger partial charge in [0.15, 0.2) is 0 Å². The third kappa shape index (κ3) is 22.5. The van der Waals surface area contributed by atoms with E-state index in [1.54, 1.807) is 0 Å². The van der Waals surface area contributed by atoms with Gasteiger partial charge in [0.1, 0.15) is 0 Å². The van der Waals surface area contributed by atoms with E-state index in [2.05, 4.69) is 0 Å². The molecule has 62 valence electrons.